The van der Waals surface area contributed by atoms with E-state index in [9.17, 15) is 0 Å². The van der Waals surface area contributed by atoms with E-state index >= 15 is 0 Å². The molecule has 0 saturated carbocycles. The highest BCUT2D eigenvalue weighted by molar-refractivity contribution is 6.30. The van der Waals surface area contributed by atoms with Crippen molar-refractivity contribution in [1.82, 2.24) is 0 Å². The van der Waals surface area contributed by atoms with E-state index in [0.717, 1.165) is 11.3 Å². The van der Waals surface area contributed by atoms with E-state index in [1.807, 2.05) is 42.5 Å². The minimum Gasteiger partial charge on any atom is -0.360 e. The number of nitrogens with zero attached hydrogens (tertiary/aromatic N) is 1. The molecule has 0 spiro atoms. The van der Waals surface area contributed by atoms with Gasteiger partial charge in [0.25, 0.3) is 0 Å². The average molecular weight is 255 g/mol. The number of anilines is 1. The Labute approximate surface area is 111 Å². The SMILES string of the molecule is N#C/C(=C\Nc1ccccc1)c1ccc(Cl)cc1. The second kappa shape index (κ2) is 5.90. The van der Waals surface area contributed by atoms with Crippen molar-refractivity contribution in [2.24, 2.45) is 0 Å². The summed E-state index contributed by atoms with van der Waals surface area (Å²) >= 11 is 5.81. The van der Waals surface area contributed by atoms with Crippen molar-refractivity contribution in [2.45, 2.75) is 0 Å². The number of halogens is 1. The average Bonchev–Trinajstić information content (AvgIpc) is 2.42. The van der Waals surface area contributed by atoms with Crippen LogP contribution in [0.3, 0.4) is 0 Å². The van der Waals surface area contributed by atoms with Gasteiger partial charge in [0.1, 0.15) is 6.07 Å². The maximum Gasteiger partial charge on any atom is 0.101 e. The number of nitrogens with one attached hydrogen (secondary N) is 1. The standard InChI is InChI=1S/C15H11ClN2/c16-14-8-6-12(7-9-14)13(10-17)11-18-15-4-2-1-3-5-15/h1-9,11,18H/b13-11+. The summed E-state index contributed by atoms with van der Waals surface area (Å²) in [5.74, 6) is 0. The monoisotopic (exact) mass is 254 g/mol. The van der Waals surface area contributed by atoms with E-state index in [4.69, 9.17) is 16.9 Å². The Hall–Kier alpha value is -2.24. The number of para-hydroxylation sites is 1. The van der Waals surface area contributed by atoms with Crippen LogP contribution in [0.4, 0.5) is 5.69 Å². The molecule has 0 aliphatic rings. The summed E-state index contributed by atoms with van der Waals surface area (Å²) in [6.07, 6.45) is 1.69. The van der Waals surface area contributed by atoms with Crippen LogP contribution >= 0.6 is 11.6 Å². The number of allylic oxidation sites excluding steroid dienone is 1. The molecule has 0 aromatic heterocycles. The fraction of sp³-hybridized carbons (Fsp3) is 0. The van der Waals surface area contributed by atoms with Crippen LogP contribution in [0.25, 0.3) is 5.57 Å². The molecule has 0 saturated heterocycles. The fourth-order valence-corrected chi connectivity index (χ4v) is 1.63. The Morgan fingerprint density at radius 1 is 1.06 bits per heavy atom. The largest absolute Gasteiger partial charge is 0.360 e. The lowest BCUT2D eigenvalue weighted by atomic mass is 10.1. The van der Waals surface area contributed by atoms with Crippen LogP contribution in [-0.2, 0) is 0 Å². The predicted molar refractivity (Wildman–Crippen MR) is 75.1 cm³/mol. The summed E-state index contributed by atoms with van der Waals surface area (Å²) in [5, 5.41) is 12.9. The molecule has 0 aliphatic carbocycles. The van der Waals surface area contributed by atoms with E-state index in [0.29, 0.717) is 10.6 Å². The molecule has 0 bridgehead atoms. The molecule has 0 heterocycles. The van der Waals surface area contributed by atoms with Crippen molar-refractivity contribution in [1.29, 1.82) is 5.26 Å². The fourth-order valence-electron chi connectivity index (χ4n) is 1.50. The van der Waals surface area contributed by atoms with Crippen LogP contribution in [0.15, 0.2) is 60.8 Å². The summed E-state index contributed by atoms with van der Waals surface area (Å²) in [5.41, 5.74) is 2.35. The number of nitriles is 1. The van der Waals surface area contributed by atoms with Gasteiger partial charge in [0.2, 0.25) is 0 Å². The molecule has 0 atom stereocenters. The van der Waals surface area contributed by atoms with Crippen LogP contribution in [0, 0.1) is 11.3 Å². The summed E-state index contributed by atoms with van der Waals surface area (Å²) < 4.78 is 0. The lowest BCUT2D eigenvalue weighted by Gasteiger charge is -2.02. The third kappa shape index (κ3) is 3.13. The van der Waals surface area contributed by atoms with Crippen LogP contribution in [-0.4, -0.2) is 0 Å². The minimum absolute atomic E-state index is 0.565. The van der Waals surface area contributed by atoms with E-state index < -0.39 is 0 Å². The summed E-state index contributed by atoms with van der Waals surface area (Å²) in [7, 11) is 0. The van der Waals surface area contributed by atoms with Crippen molar-refractivity contribution in [3.63, 3.8) is 0 Å². The molecular weight excluding hydrogens is 244 g/mol. The van der Waals surface area contributed by atoms with Crippen LogP contribution < -0.4 is 5.32 Å². The number of hydrogen-bond acceptors (Lipinski definition) is 2. The molecule has 0 fully saturated rings. The Balaban J connectivity index is 2.19. The highest BCUT2D eigenvalue weighted by atomic mass is 35.5. The van der Waals surface area contributed by atoms with Crippen molar-refractivity contribution in [3.05, 3.63) is 71.4 Å². The van der Waals surface area contributed by atoms with Gasteiger partial charge in [-0.1, -0.05) is 41.9 Å². The summed E-state index contributed by atoms with van der Waals surface area (Å²) in [4.78, 5) is 0. The molecule has 0 amide bonds. The van der Waals surface area contributed by atoms with Crippen molar-refractivity contribution < 1.29 is 0 Å². The van der Waals surface area contributed by atoms with Gasteiger partial charge in [-0.15, -0.1) is 0 Å². The molecule has 2 aromatic rings. The van der Waals surface area contributed by atoms with Crippen LogP contribution in [0.5, 0.6) is 0 Å². The van der Waals surface area contributed by atoms with Crippen molar-refractivity contribution in [2.75, 3.05) is 5.32 Å². The summed E-state index contributed by atoms with van der Waals surface area (Å²) in [6.45, 7) is 0. The topological polar surface area (TPSA) is 35.8 Å². The number of hydrogen-bond donors (Lipinski definition) is 1. The molecule has 0 unspecified atom stereocenters. The molecule has 18 heavy (non-hydrogen) atoms. The Kier molecular flexibility index (Phi) is 4.01. The highest BCUT2D eigenvalue weighted by Crippen LogP contribution is 2.17. The number of rotatable bonds is 3. The second-order valence-electron chi connectivity index (χ2n) is 3.69. The number of benzene rings is 2. The maximum atomic E-state index is 9.14. The molecule has 3 heteroatoms. The van der Waals surface area contributed by atoms with Gasteiger partial charge in [0, 0.05) is 16.9 Å². The van der Waals surface area contributed by atoms with Crippen LogP contribution in [0.1, 0.15) is 5.56 Å². The van der Waals surface area contributed by atoms with Crippen molar-refractivity contribution >= 4 is 22.9 Å². The zero-order valence-corrected chi connectivity index (χ0v) is 10.4. The third-order valence-corrected chi connectivity index (χ3v) is 2.68. The van der Waals surface area contributed by atoms with E-state index in [1.54, 1.807) is 18.3 Å². The lowest BCUT2D eigenvalue weighted by Crippen LogP contribution is -1.90. The molecule has 0 aliphatic heterocycles. The molecule has 0 radical (unpaired) electrons. The van der Waals surface area contributed by atoms with E-state index in [-0.39, 0.29) is 0 Å². The summed E-state index contributed by atoms with van der Waals surface area (Å²) in [6, 6.07) is 19.0. The van der Waals surface area contributed by atoms with Gasteiger partial charge in [0.05, 0.1) is 5.57 Å². The maximum absolute atomic E-state index is 9.14. The van der Waals surface area contributed by atoms with E-state index in [2.05, 4.69) is 11.4 Å². The molecule has 2 rings (SSSR count). The Morgan fingerprint density at radius 3 is 2.33 bits per heavy atom. The van der Waals surface area contributed by atoms with Gasteiger partial charge in [-0.25, -0.2) is 0 Å². The van der Waals surface area contributed by atoms with Gasteiger partial charge in [-0.3, -0.25) is 0 Å². The third-order valence-electron chi connectivity index (χ3n) is 2.43. The Morgan fingerprint density at radius 2 is 1.72 bits per heavy atom. The first-order valence-electron chi connectivity index (χ1n) is 5.47. The van der Waals surface area contributed by atoms with Crippen LogP contribution in [0.2, 0.25) is 5.02 Å². The first-order chi connectivity index (χ1) is 8.79. The zero-order valence-electron chi connectivity index (χ0n) is 9.60. The second-order valence-corrected chi connectivity index (χ2v) is 4.12. The van der Waals surface area contributed by atoms with Gasteiger partial charge in [-0.2, -0.15) is 5.26 Å². The highest BCUT2D eigenvalue weighted by Gasteiger charge is 2.00. The lowest BCUT2D eigenvalue weighted by molar-refractivity contribution is 1.50. The molecule has 2 nitrogen and oxygen atoms in total. The van der Waals surface area contributed by atoms with E-state index in [1.165, 1.54) is 0 Å². The molecular formula is C15H11ClN2. The Bertz CT molecular complexity index is 580. The van der Waals surface area contributed by atoms with Crippen molar-refractivity contribution in [3.8, 4) is 6.07 Å². The quantitative estimate of drug-likeness (QED) is 0.828. The normalized spacial score (nSPS) is 10.8. The van der Waals surface area contributed by atoms with Gasteiger partial charge in [-0.05, 0) is 29.8 Å². The molecule has 1 N–H and O–H groups in total. The molecule has 2 aromatic carbocycles. The predicted octanol–water partition coefficient (Wildman–Crippen LogP) is 4.32. The first-order valence-corrected chi connectivity index (χ1v) is 5.85. The zero-order chi connectivity index (χ0) is 12.8. The minimum atomic E-state index is 0.565. The first kappa shape index (κ1) is 12.2. The smallest absolute Gasteiger partial charge is 0.101 e. The van der Waals surface area contributed by atoms with Gasteiger partial charge in [0.15, 0.2) is 0 Å². The van der Waals surface area contributed by atoms with Gasteiger partial charge >= 0.3 is 0 Å². The van der Waals surface area contributed by atoms with Gasteiger partial charge < -0.3 is 5.32 Å². The molecule has 88 valence electrons.